The van der Waals surface area contributed by atoms with E-state index in [1.165, 1.54) is 27.2 Å². The van der Waals surface area contributed by atoms with Crippen molar-refractivity contribution < 1.29 is 28.6 Å². The Morgan fingerprint density at radius 2 is 2.04 bits per heavy atom. The van der Waals surface area contributed by atoms with Crippen LogP contribution in [0, 0.1) is 0 Å². The van der Waals surface area contributed by atoms with E-state index in [0.29, 0.717) is 28.7 Å². The molecule has 1 aromatic carbocycles. The number of rotatable bonds is 6. The molecule has 0 saturated carbocycles. The van der Waals surface area contributed by atoms with E-state index >= 15 is 0 Å². The van der Waals surface area contributed by atoms with Crippen molar-refractivity contribution in [2.24, 2.45) is 0 Å². The highest BCUT2D eigenvalue weighted by Gasteiger charge is 2.41. The van der Waals surface area contributed by atoms with Crippen molar-refractivity contribution in [2.75, 3.05) is 20.8 Å². The topological polar surface area (TPSA) is 82.1 Å². The lowest BCUT2D eigenvalue weighted by Crippen LogP contribution is -2.42. The maximum absolute atomic E-state index is 12.5. The molecule has 2 amide bonds. The van der Waals surface area contributed by atoms with Crippen LogP contribution in [-0.4, -0.2) is 48.9 Å². The van der Waals surface area contributed by atoms with E-state index in [4.69, 9.17) is 21.1 Å². The molecule has 1 aliphatic rings. The standard InChI is InChI=1S/C17H18ClNO6S/c1-5-25-12-7-10(6-11(18)14(12)23-3)8-13-15(20)19(17(22)26-13)9(2)16(21)24-4/h6-9H,5H2,1-4H3. The Hall–Kier alpha value is -2.19. The maximum atomic E-state index is 12.5. The number of esters is 1. The van der Waals surface area contributed by atoms with Crippen LogP contribution in [0.1, 0.15) is 19.4 Å². The molecule has 0 aliphatic carbocycles. The highest BCUT2D eigenvalue weighted by molar-refractivity contribution is 8.18. The maximum Gasteiger partial charge on any atom is 0.328 e. The molecule has 1 heterocycles. The van der Waals surface area contributed by atoms with Crippen molar-refractivity contribution in [2.45, 2.75) is 19.9 Å². The third-order valence-corrected chi connectivity index (χ3v) is 4.75. The van der Waals surface area contributed by atoms with Crippen LogP contribution in [0.4, 0.5) is 4.79 Å². The molecule has 26 heavy (non-hydrogen) atoms. The normalized spacial score (nSPS) is 16.8. The van der Waals surface area contributed by atoms with Crippen LogP contribution in [0.15, 0.2) is 17.0 Å². The summed E-state index contributed by atoms with van der Waals surface area (Å²) < 4.78 is 15.3. The van der Waals surface area contributed by atoms with Gasteiger partial charge in [0.2, 0.25) is 0 Å². The summed E-state index contributed by atoms with van der Waals surface area (Å²) in [7, 11) is 2.67. The van der Waals surface area contributed by atoms with E-state index in [0.717, 1.165) is 16.7 Å². The van der Waals surface area contributed by atoms with E-state index in [-0.39, 0.29) is 4.91 Å². The fourth-order valence-corrected chi connectivity index (χ4v) is 3.58. The highest BCUT2D eigenvalue weighted by atomic mass is 35.5. The molecule has 7 nitrogen and oxygen atoms in total. The van der Waals surface area contributed by atoms with Crippen LogP contribution in [0.25, 0.3) is 6.08 Å². The van der Waals surface area contributed by atoms with Gasteiger partial charge in [0.05, 0.1) is 30.8 Å². The number of benzene rings is 1. The average molecular weight is 400 g/mol. The summed E-state index contributed by atoms with van der Waals surface area (Å²) in [5.41, 5.74) is 0.565. The predicted octanol–water partition coefficient (Wildman–Crippen LogP) is 3.35. The minimum atomic E-state index is -1.00. The summed E-state index contributed by atoms with van der Waals surface area (Å²) >= 11 is 6.94. The van der Waals surface area contributed by atoms with Crippen LogP contribution >= 0.6 is 23.4 Å². The van der Waals surface area contributed by atoms with Gasteiger partial charge in [0.1, 0.15) is 6.04 Å². The fourth-order valence-electron chi connectivity index (χ4n) is 2.37. The summed E-state index contributed by atoms with van der Waals surface area (Å²) in [6.45, 7) is 3.66. The zero-order valence-electron chi connectivity index (χ0n) is 14.7. The average Bonchev–Trinajstić information content (AvgIpc) is 2.87. The molecule has 1 aromatic rings. The number of thioether (sulfide) groups is 1. The lowest BCUT2D eigenvalue weighted by Gasteiger charge is -2.18. The highest BCUT2D eigenvalue weighted by Crippen LogP contribution is 2.39. The van der Waals surface area contributed by atoms with E-state index < -0.39 is 23.2 Å². The van der Waals surface area contributed by atoms with E-state index in [2.05, 4.69) is 4.74 Å². The number of nitrogens with zero attached hydrogens (tertiary/aromatic N) is 1. The third kappa shape index (κ3) is 3.96. The molecular weight excluding hydrogens is 382 g/mol. The lowest BCUT2D eigenvalue weighted by atomic mass is 10.1. The van der Waals surface area contributed by atoms with E-state index in [1.54, 1.807) is 12.1 Å². The Kier molecular flexibility index (Phi) is 6.55. The molecule has 0 bridgehead atoms. The van der Waals surface area contributed by atoms with Gasteiger partial charge in [-0.1, -0.05) is 11.6 Å². The first-order valence-electron chi connectivity index (χ1n) is 7.69. The molecule has 9 heteroatoms. The number of amides is 2. The summed E-state index contributed by atoms with van der Waals surface area (Å²) in [5.74, 6) is -0.420. The van der Waals surface area contributed by atoms with Gasteiger partial charge in [-0.25, -0.2) is 4.79 Å². The van der Waals surface area contributed by atoms with Crippen LogP contribution in [0.3, 0.4) is 0 Å². The summed E-state index contributed by atoms with van der Waals surface area (Å²) in [4.78, 5) is 37.3. The molecule has 0 radical (unpaired) electrons. The van der Waals surface area contributed by atoms with Crippen molar-refractivity contribution in [3.8, 4) is 11.5 Å². The number of halogens is 1. The first-order chi connectivity index (χ1) is 12.3. The van der Waals surface area contributed by atoms with Gasteiger partial charge in [-0.2, -0.15) is 0 Å². The quantitative estimate of drug-likeness (QED) is 0.535. The smallest absolute Gasteiger partial charge is 0.328 e. The molecule has 1 saturated heterocycles. The molecule has 1 aliphatic heterocycles. The minimum absolute atomic E-state index is 0.175. The molecule has 1 unspecified atom stereocenters. The van der Waals surface area contributed by atoms with Crippen LogP contribution in [0.5, 0.6) is 11.5 Å². The van der Waals surface area contributed by atoms with Gasteiger partial charge in [-0.15, -0.1) is 0 Å². The Morgan fingerprint density at radius 1 is 1.35 bits per heavy atom. The van der Waals surface area contributed by atoms with Crippen LogP contribution in [0.2, 0.25) is 5.02 Å². The van der Waals surface area contributed by atoms with Gasteiger partial charge in [0.15, 0.2) is 11.5 Å². The number of carbonyl (C=O) groups excluding carboxylic acids is 3. The van der Waals surface area contributed by atoms with Gasteiger partial charge in [-0.05, 0) is 49.4 Å². The SMILES string of the molecule is CCOc1cc(C=C2SC(=O)N(C(C)C(=O)OC)C2=O)cc(Cl)c1OC. The number of methoxy groups -OCH3 is 2. The fraction of sp³-hybridized carbons (Fsp3) is 0.353. The summed E-state index contributed by atoms with van der Waals surface area (Å²) in [6.07, 6.45) is 1.52. The number of ether oxygens (including phenoxy) is 3. The third-order valence-electron chi connectivity index (χ3n) is 3.59. The molecule has 0 N–H and O–H groups in total. The van der Waals surface area contributed by atoms with Gasteiger partial charge in [0, 0.05) is 0 Å². The van der Waals surface area contributed by atoms with Crippen molar-refractivity contribution in [3.63, 3.8) is 0 Å². The number of hydrogen-bond acceptors (Lipinski definition) is 7. The van der Waals surface area contributed by atoms with Crippen molar-refractivity contribution in [1.29, 1.82) is 0 Å². The summed E-state index contributed by atoms with van der Waals surface area (Å²) in [6, 6.07) is 2.25. The second kappa shape index (κ2) is 8.46. The molecule has 140 valence electrons. The van der Waals surface area contributed by atoms with Gasteiger partial charge in [-0.3, -0.25) is 14.5 Å². The zero-order chi connectivity index (χ0) is 19.4. The molecule has 2 rings (SSSR count). The summed E-state index contributed by atoms with van der Waals surface area (Å²) in [5, 5.41) is -0.226. The van der Waals surface area contributed by atoms with E-state index in [1.807, 2.05) is 6.92 Å². The van der Waals surface area contributed by atoms with Crippen molar-refractivity contribution in [3.05, 3.63) is 27.6 Å². The first kappa shape index (κ1) is 20.1. The second-order valence-corrected chi connectivity index (χ2v) is 6.62. The number of imide groups is 1. The Morgan fingerprint density at radius 3 is 2.62 bits per heavy atom. The van der Waals surface area contributed by atoms with Gasteiger partial charge >= 0.3 is 5.97 Å². The largest absolute Gasteiger partial charge is 0.491 e. The molecule has 0 spiro atoms. The molecule has 1 fully saturated rings. The van der Waals surface area contributed by atoms with Crippen molar-refractivity contribution in [1.82, 2.24) is 4.90 Å². The zero-order valence-corrected chi connectivity index (χ0v) is 16.3. The predicted molar refractivity (Wildman–Crippen MR) is 98.5 cm³/mol. The Bertz CT molecular complexity index is 779. The van der Waals surface area contributed by atoms with Gasteiger partial charge in [0.25, 0.3) is 11.1 Å². The van der Waals surface area contributed by atoms with Crippen LogP contribution < -0.4 is 9.47 Å². The monoisotopic (exact) mass is 399 g/mol. The molecule has 0 aromatic heterocycles. The van der Waals surface area contributed by atoms with Gasteiger partial charge < -0.3 is 14.2 Å². The van der Waals surface area contributed by atoms with E-state index in [9.17, 15) is 14.4 Å². The molecular formula is C17H18ClNO6S. The second-order valence-electron chi connectivity index (χ2n) is 5.22. The minimum Gasteiger partial charge on any atom is -0.491 e. The Balaban J connectivity index is 2.37. The van der Waals surface area contributed by atoms with Crippen LogP contribution in [-0.2, 0) is 14.3 Å². The Labute approximate surface area is 160 Å². The molecule has 1 atom stereocenters. The number of carbonyl (C=O) groups is 3. The lowest BCUT2D eigenvalue weighted by molar-refractivity contribution is -0.148. The van der Waals surface area contributed by atoms with Crippen molar-refractivity contribution >= 4 is 46.6 Å². The number of hydrogen-bond donors (Lipinski definition) is 0. The first-order valence-corrected chi connectivity index (χ1v) is 8.88.